The van der Waals surface area contributed by atoms with Crippen LogP contribution in [-0.2, 0) is 11.2 Å². The monoisotopic (exact) mass is 260 g/mol. The molecule has 1 amide bonds. The van der Waals surface area contributed by atoms with Crippen molar-refractivity contribution < 1.29 is 9.53 Å². The van der Waals surface area contributed by atoms with E-state index in [-0.39, 0.29) is 5.91 Å². The normalized spacial score (nSPS) is 14.7. The summed E-state index contributed by atoms with van der Waals surface area (Å²) in [5, 5.41) is 6.21. The molecule has 0 atom stereocenters. The number of amides is 1. The van der Waals surface area contributed by atoms with Crippen molar-refractivity contribution in [2.45, 2.75) is 12.8 Å². The van der Waals surface area contributed by atoms with Crippen LogP contribution in [0.2, 0.25) is 0 Å². The van der Waals surface area contributed by atoms with E-state index in [0.717, 1.165) is 30.8 Å². The van der Waals surface area contributed by atoms with Crippen LogP contribution in [0.25, 0.3) is 0 Å². The zero-order valence-corrected chi connectivity index (χ0v) is 11.2. The molecule has 1 aromatic carbocycles. The van der Waals surface area contributed by atoms with Crippen LogP contribution >= 0.6 is 0 Å². The lowest BCUT2D eigenvalue weighted by Crippen LogP contribution is -2.30. The molecular weight excluding hydrogens is 240 g/mol. The summed E-state index contributed by atoms with van der Waals surface area (Å²) in [5.74, 6) is 0.794. The van der Waals surface area contributed by atoms with E-state index in [9.17, 15) is 4.79 Å². The number of nitrogens with one attached hydrogen (secondary N) is 2. The van der Waals surface area contributed by atoms with Crippen molar-refractivity contribution >= 4 is 5.91 Å². The molecular formula is C15H20N2O2. The van der Waals surface area contributed by atoms with Gasteiger partial charge in [0.05, 0.1) is 13.5 Å². The van der Waals surface area contributed by atoms with E-state index in [2.05, 4.69) is 16.7 Å². The molecule has 2 N–H and O–H groups in total. The summed E-state index contributed by atoms with van der Waals surface area (Å²) in [4.78, 5) is 11.9. The largest absolute Gasteiger partial charge is 0.496 e. The van der Waals surface area contributed by atoms with Gasteiger partial charge in [0.25, 0.3) is 0 Å². The van der Waals surface area contributed by atoms with Crippen LogP contribution in [-0.4, -0.2) is 32.7 Å². The molecule has 1 aliphatic rings. The predicted octanol–water partition coefficient (Wildman–Crippen LogP) is 1.27. The molecule has 0 aromatic heterocycles. The maximum Gasteiger partial charge on any atom is 0.224 e. The van der Waals surface area contributed by atoms with Gasteiger partial charge in [0.1, 0.15) is 5.75 Å². The fourth-order valence-corrected chi connectivity index (χ4v) is 2.13. The number of methoxy groups -OCH3 is 1. The number of benzene rings is 1. The fourth-order valence-electron chi connectivity index (χ4n) is 2.13. The molecule has 19 heavy (non-hydrogen) atoms. The van der Waals surface area contributed by atoms with Crippen LogP contribution in [0.1, 0.15) is 12.0 Å². The molecule has 1 aliphatic heterocycles. The maximum atomic E-state index is 11.9. The van der Waals surface area contributed by atoms with Crippen LogP contribution in [0, 0.1) is 0 Å². The Bertz CT molecular complexity index is 469. The molecule has 0 fully saturated rings. The summed E-state index contributed by atoms with van der Waals surface area (Å²) >= 11 is 0. The maximum absolute atomic E-state index is 11.9. The van der Waals surface area contributed by atoms with E-state index in [1.807, 2.05) is 24.3 Å². The molecule has 0 radical (unpaired) electrons. The lowest BCUT2D eigenvalue weighted by molar-refractivity contribution is -0.120. The Morgan fingerprint density at radius 2 is 2.26 bits per heavy atom. The standard InChI is InChI=1S/C15H20N2O2/c1-19-14-5-3-2-4-13(14)10-15(18)17-11-12-6-8-16-9-7-12/h2-6,16H,7-11H2,1H3,(H,17,18). The van der Waals surface area contributed by atoms with Crippen LogP contribution in [0.5, 0.6) is 5.75 Å². The van der Waals surface area contributed by atoms with Gasteiger partial charge in [0, 0.05) is 18.7 Å². The highest BCUT2D eigenvalue weighted by Gasteiger charge is 2.09. The van der Waals surface area contributed by atoms with E-state index in [4.69, 9.17) is 4.74 Å². The van der Waals surface area contributed by atoms with E-state index < -0.39 is 0 Å². The van der Waals surface area contributed by atoms with Crippen molar-refractivity contribution in [2.75, 3.05) is 26.7 Å². The second kappa shape index (κ2) is 6.95. The summed E-state index contributed by atoms with van der Waals surface area (Å²) in [5.41, 5.74) is 2.22. The third-order valence-corrected chi connectivity index (χ3v) is 3.21. The molecule has 0 unspecified atom stereocenters. The zero-order chi connectivity index (χ0) is 13.5. The van der Waals surface area contributed by atoms with E-state index >= 15 is 0 Å². The molecule has 1 heterocycles. The minimum atomic E-state index is 0.0314. The SMILES string of the molecule is COc1ccccc1CC(=O)NCC1=CCNCC1. The van der Waals surface area contributed by atoms with Crippen molar-refractivity contribution in [3.8, 4) is 5.75 Å². The van der Waals surface area contributed by atoms with Gasteiger partial charge in [0.15, 0.2) is 0 Å². The smallest absolute Gasteiger partial charge is 0.224 e. The molecule has 2 rings (SSSR count). The summed E-state index contributed by atoms with van der Waals surface area (Å²) in [6.45, 7) is 2.54. The quantitative estimate of drug-likeness (QED) is 0.784. The molecule has 102 valence electrons. The molecule has 4 nitrogen and oxygen atoms in total. The van der Waals surface area contributed by atoms with Crippen LogP contribution in [0.3, 0.4) is 0 Å². The van der Waals surface area contributed by atoms with Gasteiger partial charge in [-0.3, -0.25) is 4.79 Å². The molecule has 0 spiro atoms. The number of hydrogen-bond acceptors (Lipinski definition) is 3. The summed E-state index contributed by atoms with van der Waals surface area (Å²) < 4.78 is 5.24. The first-order valence-corrected chi connectivity index (χ1v) is 6.57. The number of rotatable bonds is 5. The first kappa shape index (κ1) is 13.6. The minimum absolute atomic E-state index is 0.0314. The van der Waals surface area contributed by atoms with Crippen molar-refractivity contribution in [3.63, 3.8) is 0 Å². The Kier molecular flexibility index (Phi) is 4.98. The number of para-hydroxylation sites is 1. The highest BCUT2D eigenvalue weighted by Crippen LogP contribution is 2.17. The lowest BCUT2D eigenvalue weighted by atomic mass is 10.1. The molecule has 0 bridgehead atoms. The Hall–Kier alpha value is -1.81. The highest BCUT2D eigenvalue weighted by molar-refractivity contribution is 5.79. The van der Waals surface area contributed by atoms with Gasteiger partial charge in [0.2, 0.25) is 5.91 Å². The number of hydrogen-bond donors (Lipinski definition) is 2. The van der Waals surface area contributed by atoms with Gasteiger partial charge < -0.3 is 15.4 Å². The Labute approximate surface area is 113 Å². The predicted molar refractivity (Wildman–Crippen MR) is 75.3 cm³/mol. The first-order chi connectivity index (χ1) is 9.29. The van der Waals surface area contributed by atoms with E-state index in [1.165, 1.54) is 5.57 Å². The zero-order valence-electron chi connectivity index (χ0n) is 11.2. The van der Waals surface area contributed by atoms with Gasteiger partial charge in [-0.25, -0.2) is 0 Å². The van der Waals surface area contributed by atoms with Crippen molar-refractivity contribution in [1.29, 1.82) is 0 Å². The van der Waals surface area contributed by atoms with Crippen LogP contribution in [0.15, 0.2) is 35.9 Å². The summed E-state index contributed by atoms with van der Waals surface area (Å²) in [6.07, 6.45) is 3.51. The molecule has 1 aromatic rings. The van der Waals surface area contributed by atoms with E-state index in [1.54, 1.807) is 7.11 Å². The first-order valence-electron chi connectivity index (χ1n) is 6.57. The Morgan fingerprint density at radius 3 is 3.00 bits per heavy atom. The topological polar surface area (TPSA) is 50.4 Å². The summed E-state index contributed by atoms with van der Waals surface area (Å²) in [6, 6.07) is 7.61. The van der Waals surface area contributed by atoms with Gasteiger partial charge in [-0.1, -0.05) is 29.8 Å². The minimum Gasteiger partial charge on any atom is -0.496 e. The number of carbonyl (C=O) groups excluding carboxylic acids is 1. The average molecular weight is 260 g/mol. The molecule has 0 saturated carbocycles. The van der Waals surface area contributed by atoms with Gasteiger partial charge in [-0.2, -0.15) is 0 Å². The number of carbonyl (C=O) groups is 1. The summed E-state index contributed by atoms with van der Waals surface area (Å²) in [7, 11) is 1.62. The van der Waals surface area contributed by atoms with Crippen LogP contribution in [0.4, 0.5) is 0 Å². The molecule has 0 saturated heterocycles. The fraction of sp³-hybridized carbons (Fsp3) is 0.400. The second-order valence-corrected chi connectivity index (χ2v) is 4.58. The van der Waals surface area contributed by atoms with Crippen molar-refractivity contribution in [3.05, 3.63) is 41.5 Å². The van der Waals surface area contributed by atoms with Gasteiger partial charge >= 0.3 is 0 Å². The lowest BCUT2D eigenvalue weighted by Gasteiger charge is -2.15. The van der Waals surface area contributed by atoms with Crippen molar-refractivity contribution in [1.82, 2.24) is 10.6 Å². The Balaban J connectivity index is 1.85. The van der Waals surface area contributed by atoms with Gasteiger partial charge in [-0.15, -0.1) is 0 Å². The van der Waals surface area contributed by atoms with Crippen molar-refractivity contribution in [2.24, 2.45) is 0 Å². The average Bonchev–Trinajstić information content (AvgIpc) is 2.47. The van der Waals surface area contributed by atoms with Crippen LogP contribution < -0.4 is 15.4 Å². The number of ether oxygens (including phenoxy) is 1. The van der Waals surface area contributed by atoms with Gasteiger partial charge in [-0.05, 0) is 19.0 Å². The second-order valence-electron chi connectivity index (χ2n) is 4.58. The molecule has 0 aliphatic carbocycles. The third kappa shape index (κ3) is 4.10. The Morgan fingerprint density at radius 1 is 1.42 bits per heavy atom. The third-order valence-electron chi connectivity index (χ3n) is 3.21. The van der Waals surface area contributed by atoms with E-state index in [0.29, 0.717) is 13.0 Å². The molecule has 4 heteroatoms. The highest BCUT2D eigenvalue weighted by atomic mass is 16.5.